The molecule has 100 valence electrons. The second-order valence-corrected chi connectivity index (χ2v) is 5.67. The SMILES string of the molecule is Cc1ccc(Br)c(-c2cc(C)c3nc(N)nnc3c2)c1. The number of nitrogens with zero attached hydrogens (tertiary/aromatic N) is 3. The van der Waals surface area contributed by atoms with Crippen molar-refractivity contribution in [1.29, 1.82) is 0 Å². The molecule has 5 heteroatoms. The second kappa shape index (κ2) is 4.83. The fraction of sp³-hybridized carbons (Fsp3) is 0.133. The number of rotatable bonds is 1. The number of aromatic nitrogens is 3. The van der Waals surface area contributed by atoms with Gasteiger partial charge in [-0.2, -0.15) is 0 Å². The zero-order valence-electron chi connectivity index (χ0n) is 11.2. The van der Waals surface area contributed by atoms with Crippen LogP contribution < -0.4 is 5.73 Å². The van der Waals surface area contributed by atoms with Crippen LogP contribution in [0, 0.1) is 13.8 Å². The van der Waals surface area contributed by atoms with Gasteiger partial charge in [0.2, 0.25) is 5.95 Å². The maximum absolute atomic E-state index is 5.59. The van der Waals surface area contributed by atoms with Crippen LogP contribution in [0.3, 0.4) is 0 Å². The zero-order chi connectivity index (χ0) is 14.3. The molecule has 0 aliphatic carbocycles. The monoisotopic (exact) mass is 328 g/mol. The number of fused-ring (bicyclic) bond motifs is 1. The van der Waals surface area contributed by atoms with Crippen molar-refractivity contribution >= 4 is 32.9 Å². The van der Waals surface area contributed by atoms with Gasteiger partial charge in [-0.05, 0) is 48.7 Å². The van der Waals surface area contributed by atoms with Crippen LogP contribution in [0.2, 0.25) is 0 Å². The molecule has 1 heterocycles. The van der Waals surface area contributed by atoms with E-state index < -0.39 is 0 Å². The smallest absolute Gasteiger partial charge is 0.240 e. The van der Waals surface area contributed by atoms with Crippen molar-refractivity contribution in [2.24, 2.45) is 0 Å². The largest absolute Gasteiger partial charge is 0.366 e. The fourth-order valence-corrected chi connectivity index (χ4v) is 2.72. The van der Waals surface area contributed by atoms with Crippen molar-refractivity contribution in [2.75, 3.05) is 5.73 Å². The van der Waals surface area contributed by atoms with Crippen molar-refractivity contribution in [3.05, 3.63) is 45.9 Å². The van der Waals surface area contributed by atoms with Crippen LogP contribution in [0.25, 0.3) is 22.2 Å². The summed E-state index contributed by atoms with van der Waals surface area (Å²) in [6.07, 6.45) is 0. The van der Waals surface area contributed by atoms with Gasteiger partial charge in [-0.1, -0.05) is 33.6 Å². The first kappa shape index (κ1) is 13.0. The normalized spacial score (nSPS) is 10.9. The predicted octanol–water partition coefficient (Wildman–Crippen LogP) is 3.65. The van der Waals surface area contributed by atoms with E-state index in [1.165, 1.54) is 5.56 Å². The molecule has 0 saturated heterocycles. The molecule has 0 aliphatic rings. The summed E-state index contributed by atoms with van der Waals surface area (Å²) in [5, 5.41) is 7.96. The van der Waals surface area contributed by atoms with E-state index in [0.29, 0.717) is 0 Å². The highest BCUT2D eigenvalue weighted by molar-refractivity contribution is 9.10. The zero-order valence-corrected chi connectivity index (χ0v) is 12.8. The summed E-state index contributed by atoms with van der Waals surface area (Å²) in [5.74, 6) is 0.199. The number of anilines is 1. The van der Waals surface area contributed by atoms with E-state index in [9.17, 15) is 0 Å². The van der Waals surface area contributed by atoms with Crippen molar-refractivity contribution in [1.82, 2.24) is 15.2 Å². The minimum atomic E-state index is 0.199. The lowest BCUT2D eigenvalue weighted by atomic mass is 10.0. The highest BCUT2D eigenvalue weighted by Gasteiger charge is 2.09. The summed E-state index contributed by atoms with van der Waals surface area (Å²) in [7, 11) is 0. The van der Waals surface area contributed by atoms with Crippen LogP contribution in [0.1, 0.15) is 11.1 Å². The molecule has 3 aromatic rings. The van der Waals surface area contributed by atoms with Crippen LogP contribution in [-0.4, -0.2) is 15.2 Å². The Hall–Kier alpha value is -2.01. The molecule has 4 nitrogen and oxygen atoms in total. The van der Waals surface area contributed by atoms with Crippen molar-refractivity contribution < 1.29 is 0 Å². The number of benzene rings is 2. The van der Waals surface area contributed by atoms with E-state index >= 15 is 0 Å². The standard InChI is InChI=1S/C15H13BrN4/c1-8-3-4-12(16)11(5-8)10-6-9(2)14-13(7-10)19-20-15(17)18-14/h3-7H,1-2H3,(H2,17,18,20). The van der Waals surface area contributed by atoms with Crippen LogP contribution in [0.4, 0.5) is 5.95 Å². The highest BCUT2D eigenvalue weighted by atomic mass is 79.9. The molecular weight excluding hydrogens is 316 g/mol. The summed E-state index contributed by atoms with van der Waals surface area (Å²) in [6, 6.07) is 10.3. The van der Waals surface area contributed by atoms with Crippen LogP contribution in [-0.2, 0) is 0 Å². The van der Waals surface area contributed by atoms with E-state index in [1.807, 2.05) is 13.0 Å². The Morgan fingerprint density at radius 1 is 1.05 bits per heavy atom. The third-order valence-electron chi connectivity index (χ3n) is 3.20. The van der Waals surface area contributed by atoms with E-state index in [2.05, 4.69) is 62.3 Å². The molecule has 3 rings (SSSR count). The Bertz CT molecular complexity index is 814. The topological polar surface area (TPSA) is 64.7 Å². The maximum Gasteiger partial charge on any atom is 0.240 e. The van der Waals surface area contributed by atoms with E-state index in [-0.39, 0.29) is 5.95 Å². The van der Waals surface area contributed by atoms with Crippen molar-refractivity contribution in [2.45, 2.75) is 13.8 Å². The number of aryl methyl sites for hydroxylation is 2. The fourth-order valence-electron chi connectivity index (χ4n) is 2.24. The van der Waals surface area contributed by atoms with Gasteiger partial charge in [0, 0.05) is 4.47 Å². The molecule has 0 unspecified atom stereocenters. The number of halogens is 1. The predicted molar refractivity (Wildman–Crippen MR) is 84.4 cm³/mol. The Kier molecular flexibility index (Phi) is 3.14. The maximum atomic E-state index is 5.59. The molecule has 0 aliphatic heterocycles. The lowest BCUT2D eigenvalue weighted by Gasteiger charge is -2.09. The van der Waals surface area contributed by atoms with Gasteiger partial charge < -0.3 is 5.73 Å². The summed E-state index contributed by atoms with van der Waals surface area (Å²) in [6.45, 7) is 4.08. The van der Waals surface area contributed by atoms with Crippen LogP contribution in [0.15, 0.2) is 34.8 Å². The molecule has 0 radical (unpaired) electrons. The minimum absolute atomic E-state index is 0.199. The molecule has 20 heavy (non-hydrogen) atoms. The summed E-state index contributed by atoms with van der Waals surface area (Å²) < 4.78 is 1.05. The van der Waals surface area contributed by atoms with E-state index in [1.54, 1.807) is 0 Å². The Labute approximate surface area is 125 Å². The molecule has 0 fully saturated rings. The second-order valence-electron chi connectivity index (χ2n) is 4.81. The number of hydrogen-bond donors (Lipinski definition) is 1. The molecule has 0 spiro atoms. The van der Waals surface area contributed by atoms with Crippen molar-refractivity contribution in [3.8, 4) is 11.1 Å². The molecule has 0 atom stereocenters. The number of nitrogen functional groups attached to an aromatic ring is 1. The average molecular weight is 329 g/mol. The first-order chi connectivity index (χ1) is 9.54. The molecule has 0 bridgehead atoms. The van der Waals surface area contributed by atoms with E-state index in [0.717, 1.165) is 32.2 Å². The van der Waals surface area contributed by atoms with Crippen LogP contribution >= 0.6 is 15.9 Å². The van der Waals surface area contributed by atoms with Crippen LogP contribution in [0.5, 0.6) is 0 Å². The first-order valence-electron chi connectivity index (χ1n) is 6.21. The minimum Gasteiger partial charge on any atom is -0.366 e. The number of nitrogens with two attached hydrogens (primary N) is 1. The van der Waals surface area contributed by atoms with Gasteiger partial charge in [-0.3, -0.25) is 0 Å². The Balaban J connectivity index is 2.27. The molecule has 0 saturated carbocycles. The molecule has 1 aromatic heterocycles. The third-order valence-corrected chi connectivity index (χ3v) is 3.89. The lowest BCUT2D eigenvalue weighted by Crippen LogP contribution is -1.99. The summed E-state index contributed by atoms with van der Waals surface area (Å²) in [5.41, 5.74) is 11.6. The van der Waals surface area contributed by atoms with Crippen molar-refractivity contribution in [3.63, 3.8) is 0 Å². The van der Waals surface area contributed by atoms with Gasteiger partial charge in [0.05, 0.1) is 5.52 Å². The summed E-state index contributed by atoms with van der Waals surface area (Å²) in [4.78, 5) is 4.24. The van der Waals surface area contributed by atoms with Gasteiger partial charge >= 0.3 is 0 Å². The summed E-state index contributed by atoms with van der Waals surface area (Å²) >= 11 is 3.60. The van der Waals surface area contributed by atoms with Gasteiger partial charge in [0.15, 0.2) is 0 Å². The first-order valence-corrected chi connectivity index (χ1v) is 7.01. The number of hydrogen-bond acceptors (Lipinski definition) is 4. The molecule has 2 N–H and O–H groups in total. The molecular formula is C15H13BrN4. The average Bonchev–Trinajstić information content (AvgIpc) is 2.42. The van der Waals surface area contributed by atoms with Gasteiger partial charge in [-0.15, -0.1) is 10.2 Å². The quantitative estimate of drug-likeness (QED) is 0.740. The lowest BCUT2D eigenvalue weighted by molar-refractivity contribution is 1.04. The molecule has 0 amide bonds. The van der Waals surface area contributed by atoms with Gasteiger partial charge in [-0.25, -0.2) is 4.98 Å². The molecule has 2 aromatic carbocycles. The highest BCUT2D eigenvalue weighted by Crippen LogP contribution is 2.31. The Morgan fingerprint density at radius 3 is 2.65 bits per heavy atom. The van der Waals surface area contributed by atoms with Gasteiger partial charge in [0.1, 0.15) is 5.52 Å². The van der Waals surface area contributed by atoms with Gasteiger partial charge in [0.25, 0.3) is 0 Å². The van der Waals surface area contributed by atoms with E-state index in [4.69, 9.17) is 5.73 Å². The Morgan fingerprint density at radius 2 is 1.85 bits per heavy atom. The third kappa shape index (κ3) is 2.25.